The van der Waals surface area contributed by atoms with E-state index in [0.29, 0.717) is 17.9 Å². The number of hydrogen-bond acceptors (Lipinski definition) is 4. The van der Waals surface area contributed by atoms with Crippen LogP contribution >= 0.6 is 12.4 Å². The smallest absolute Gasteiger partial charge is 0.336 e. The molecule has 4 bridgehead atoms. The number of carbonyl (C=O) groups is 1. The van der Waals surface area contributed by atoms with Gasteiger partial charge in [-0.25, -0.2) is 4.79 Å². The molecule has 5 nitrogen and oxygen atoms in total. The lowest BCUT2D eigenvalue weighted by molar-refractivity contribution is -0.00610. The van der Waals surface area contributed by atoms with Gasteiger partial charge in [0.1, 0.15) is 11.5 Å². The van der Waals surface area contributed by atoms with E-state index >= 15 is 0 Å². The van der Waals surface area contributed by atoms with Gasteiger partial charge in [0, 0.05) is 23.1 Å². The summed E-state index contributed by atoms with van der Waals surface area (Å²) in [6.45, 7) is 2.58. The van der Waals surface area contributed by atoms with E-state index in [1.165, 1.54) is 44.1 Å². The monoisotopic (exact) mass is 522 g/mol. The summed E-state index contributed by atoms with van der Waals surface area (Å²) in [6, 6.07) is 15.5. The van der Waals surface area contributed by atoms with Crippen molar-refractivity contribution in [3.05, 3.63) is 59.7 Å². The number of rotatable bonds is 8. The summed E-state index contributed by atoms with van der Waals surface area (Å²) in [7, 11) is 1.77. The summed E-state index contributed by atoms with van der Waals surface area (Å²) >= 11 is 0. The van der Waals surface area contributed by atoms with Crippen molar-refractivity contribution < 1.29 is 24.1 Å². The molecule has 6 heteroatoms. The Morgan fingerprint density at radius 2 is 1.65 bits per heavy atom. The van der Waals surface area contributed by atoms with Crippen molar-refractivity contribution in [1.29, 1.82) is 0 Å². The number of aromatic carboxylic acids is 1. The second kappa shape index (κ2) is 10.2. The first kappa shape index (κ1) is 25.9. The highest BCUT2D eigenvalue weighted by Gasteiger charge is 2.52. The Kier molecular flexibility index (Phi) is 7.12. The molecule has 3 aromatic rings. The third-order valence-corrected chi connectivity index (χ3v) is 8.84. The largest absolute Gasteiger partial charge is 0.496 e. The molecule has 0 aromatic heterocycles. The lowest BCUT2D eigenvalue weighted by Crippen LogP contribution is -2.48. The Morgan fingerprint density at radius 3 is 2.27 bits per heavy atom. The van der Waals surface area contributed by atoms with Crippen LogP contribution in [0.15, 0.2) is 48.5 Å². The highest BCUT2D eigenvalue weighted by molar-refractivity contribution is 6.02. The zero-order valence-electron chi connectivity index (χ0n) is 21.5. The highest BCUT2D eigenvalue weighted by atomic mass is 35.5. The summed E-state index contributed by atoms with van der Waals surface area (Å²) in [5.74, 6) is 3.13. The first-order valence-corrected chi connectivity index (χ1v) is 13.2. The molecule has 0 spiro atoms. The molecule has 0 unspecified atom stereocenters. The molecule has 3 aromatic carbocycles. The maximum absolute atomic E-state index is 12.0. The Hall–Kier alpha value is -2.76. The molecule has 0 atom stereocenters. The van der Waals surface area contributed by atoms with Crippen LogP contribution in [-0.2, 0) is 10.2 Å². The third kappa shape index (κ3) is 4.46. The normalized spacial score (nSPS) is 25.6. The Morgan fingerprint density at radius 1 is 0.973 bits per heavy atom. The molecule has 0 heterocycles. The maximum atomic E-state index is 12.0. The van der Waals surface area contributed by atoms with Gasteiger partial charge in [-0.3, -0.25) is 0 Å². The van der Waals surface area contributed by atoms with Gasteiger partial charge in [0.05, 0.1) is 12.7 Å². The lowest BCUT2D eigenvalue weighted by Gasteiger charge is -2.57. The lowest BCUT2D eigenvalue weighted by atomic mass is 9.48. The van der Waals surface area contributed by atoms with E-state index in [9.17, 15) is 9.90 Å². The van der Waals surface area contributed by atoms with Crippen LogP contribution in [0.1, 0.15) is 61.4 Å². The molecule has 0 amide bonds. The number of ether oxygens (including phenoxy) is 3. The van der Waals surface area contributed by atoms with Crippen molar-refractivity contribution in [1.82, 2.24) is 0 Å². The summed E-state index contributed by atoms with van der Waals surface area (Å²) in [4.78, 5) is 12.0. The number of fused-ring (bicyclic) bond motifs is 1. The molecule has 37 heavy (non-hydrogen) atoms. The molecule has 196 valence electrons. The average molecular weight is 523 g/mol. The Bertz CT molecular complexity index is 1280. The predicted molar refractivity (Wildman–Crippen MR) is 147 cm³/mol. The quantitative estimate of drug-likeness (QED) is 0.245. The molecule has 0 aliphatic heterocycles. The molecule has 0 radical (unpaired) electrons. The van der Waals surface area contributed by atoms with Crippen LogP contribution in [0, 0.1) is 17.8 Å². The molecular weight excluding hydrogens is 488 g/mol. The minimum absolute atomic E-state index is 0. The Labute approximate surface area is 224 Å². The van der Waals surface area contributed by atoms with Crippen LogP contribution in [-0.4, -0.2) is 31.6 Å². The molecule has 4 fully saturated rings. The van der Waals surface area contributed by atoms with E-state index < -0.39 is 5.97 Å². The fraction of sp³-hybridized carbons (Fsp3) is 0.452. The van der Waals surface area contributed by atoms with Crippen LogP contribution in [0.25, 0.3) is 21.9 Å². The molecule has 1 N–H and O–H groups in total. The number of methoxy groups -OCH3 is 1. The third-order valence-electron chi connectivity index (χ3n) is 8.84. The minimum atomic E-state index is -0.953. The number of hydrogen-bond donors (Lipinski definition) is 1. The van der Waals surface area contributed by atoms with Crippen LogP contribution < -0.4 is 9.47 Å². The van der Waals surface area contributed by atoms with Gasteiger partial charge in [-0.2, -0.15) is 0 Å². The van der Waals surface area contributed by atoms with Crippen LogP contribution in [0.5, 0.6) is 11.5 Å². The molecular formula is C31H35ClO5. The topological polar surface area (TPSA) is 65.0 Å². The summed E-state index contributed by atoms with van der Waals surface area (Å²) in [5, 5.41) is 11.9. The van der Waals surface area contributed by atoms with Crippen molar-refractivity contribution in [2.45, 2.75) is 50.9 Å². The Balaban J connectivity index is 0.00000280. The van der Waals surface area contributed by atoms with Gasteiger partial charge in [-0.15, -0.1) is 12.4 Å². The van der Waals surface area contributed by atoms with Gasteiger partial charge in [0.25, 0.3) is 0 Å². The number of carboxylic acids is 1. The van der Waals surface area contributed by atoms with Crippen molar-refractivity contribution in [2.24, 2.45) is 17.8 Å². The second-order valence-electron chi connectivity index (χ2n) is 11.0. The molecule has 4 aliphatic carbocycles. The fourth-order valence-electron chi connectivity index (χ4n) is 7.80. The van der Waals surface area contributed by atoms with E-state index in [4.69, 9.17) is 14.2 Å². The predicted octanol–water partition coefficient (Wildman–Crippen LogP) is 7.48. The van der Waals surface area contributed by atoms with E-state index in [1.807, 2.05) is 31.2 Å². The number of benzene rings is 3. The molecule has 7 rings (SSSR count). The van der Waals surface area contributed by atoms with Crippen molar-refractivity contribution >= 4 is 29.1 Å². The molecule has 4 aliphatic rings. The van der Waals surface area contributed by atoms with Crippen molar-refractivity contribution in [3.63, 3.8) is 0 Å². The van der Waals surface area contributed by atoms with E-state index in [-0.39, 0.29) is 30.2 Å². The van der Waals surface area contributed by atoms with Crippen molar-refractivity contribution in [3.8, 4) is 22.6 Å². The first-order valence-electron chi connectivity index (χ1n) is 13.2. The molecule has 0 saturated heterocycles. The van der Waals surface area contributed by atoms with E-state index in [1.54, 1.807) is 19.2 Å². The minimum Gasteiger partial charge on any atom is -0.496 e. The summed E-state index contributed by atoms with van der Waals surface area (Å²) in [5.41, 5.74) is 3.11. The van der Waals surface area contributed by atoms with Gasteiger partial charge in [-0.1, -0.05) is 24.3 Å². The first-order chi connectivity index (χ1) is 17.5. The average Bonchev–Trinajstić information content (AvgIpc) is 2.87. The summed E-state index contributed by atoms with van der Waals surface area (Å²) in [6.07, 6.45) is 7.85. The van der Waals surface area contributed by atoms with E-state index in [0.717, 1.165) is 39.8 Å². The van der Waals surface area contributed by atoms with Gasteiger partial charge in [0.15, 0.2) is 6.79 Å². The van der Waals surface area contributed by atoms with Gasteiger partial charge >= 0.3 is 5.97 Å². The SMILES string of the molecule is CCOCOc1c(-c2ccccc2C(=O)O)ccc2cc(OC)c(C34CC5CC(CC(C5)C3)C4)cc12.Cl. The maximum Gasteiger partial charge on any atom is 0.336 e. The fourth-order valence-corrected chi connectivity index (χ4v) is 7.80. The zero-order valence-corrected chi connectivity index (χ0v) is 22.3. The number of halogens is 1. The molecule has 4 saturated carbocycles. The summed E-state index contributed by atoms with van der Waals surface area (Å²) < 4.78 is 17.8. The van der Waals surface area contributed by atoms with Crippen LogP contribution in [0.3, 0.4) is 0 Å². The van der Waals surface area contributed by atoms with Gasteiger partial charge in [0.2, 0.25) is 0 Å². The van der Waals surface area contributed by atoms with Crippen LogP contribution in [0.2, 0.25) is 0 Å². The van der Waals surface area contributed by atoms with E-state index in [2.05, 4.69) is 12.1 Å². The highest BCUT2D eigenvalue weighted by Crippen LogP contribution is 2.62. The van der Waals surface area contributed by atoms with Gasteiger partial charge < -0.3 is 19.3 Å². The van der Waals surface area contributed by atoms with Gasteiger partial charge in [-0.05, 0) is 104 Å². The number of carboxylic acid groups (broad SMARTS) is 1. The van der Waals surface area contributed by atoms with Crippen molar-refractivity contribution in [2.75, 3.05) is 20.5 Å². The zero-order chi connectivity index (χ0) is 24.9. The standard InChI is InChI=1S/C31H34O5.ClH/c1-3-35-18-36-29-24(23-6-4-5-7-25(23)30(32)33)9-8-22-13-28(34-2)27(14-26(22)29)31-15-19-10-20(16-31)12-21(11-19)17-31;/h4-9,13-14,19-21H,3,10-12,15-18H2,1-2H3,(H,32,33);1H. The van der Waals surface area contributed by atoms with Crippen LogP contribution in [0.4, 0.5) is 0 Å². The second-order valence-corrected chi connectivity index (χ2v) is 11.0.